The summed E-state index contributed by atoms with van der Waals surface area (Å²) in [6.07, 6.45) is 2.48. The fraction of sp³-hybridized carbons (Fsp3) is 0.529. The Morgan fingerprint density at radius 2 is 2.23 bits per heavy atom. The number of nitrogens with zero attached hydrogens (tertiary/aromatic N) is 1. The van der Waals surface area contributed by atoms with Gasteiger partial charge in [-0.05, 0) is 43.9 Å². The molecule has 4 nitrogen and oxygen atoms in total. The van der Waals surface area contributed by atoms with Gasteiger partial charge in [0.2, 0.25) is 11.8 Å². The van der Waals surface area contributed by atoms with Crippen molar-refractivity contribution in [2.24, 2.45) is 5.92 Å². The van der Waals surface area contributed by atoms with Crippen molar-refractivity contribution < 1.29 is 9.59 Å². The number of hydrogen-bond donors (Lipinski definition) is 1. The Bertz CT molecular complexity index is 547. The minimum Gasteiger partial charge on any atom is -0.353 e. The van der Waals surface area contributed by atoms with Crippen LogP contribution in [-0.4, -0.2) is 35.8 Å². The maximum atomic E-state index is 12.4. The molecule has 120 valence electrons. The van der Waals surface area contributed by atoms with Gasteiger partial charge < -0.3 is 10.2 Å². The van der Waals surface area contributed by atoms with E-state index in [0.717, 1.165) is 31.4 Å². The van der Waals surface area contributed by atoms with Gasteiger partial charge in [-0.25, -0.2) is 0 Å². The molecule has 1 heterocycles. The van der Waals surface area contributed by atoms with Crippen molar-refractivity contribution in [1.82, 2.24) is 10.2 Å². The van der Waals surface area contributed by atoms with Crippen molar-refractivity contribution in [2.45, 2.75) is 39.2 Å². The van der Waals surface area contributed by atoms with Gasteiger partial charge in [-0.15, -0.1) is 0 Å². The van der Waals surface area contributed by atoms with Crippen molar-refractivity contribution in [2.75, 3.05) is 13.1 Å². The molecule has 1 aliphatic heterocycles. The second kappa shape index (κ2) is 7.63. The highest BCUT2D eigenvalue weighted by molar-refractivity contribution is 6.30. The van der Waals surface area contributed by atoms with Crippen molar-refractivity contribution in [1.29, 1.82) is 0 Å². The Morgan fingerprint density at radius 1 is 1.45 bits per heavy atom. The molecule has 0 aromatic heterocycles. The lowest BCUT2D eigenvalue weighted by molar-refractivity contribution is -0.134. The summed E-state index contributed by atoms with van der Waals surface area (Å²) in [5.41, 5.74) is 1.11. The predicted octanol–water partition coefficient (Wildman–Crippen LogP) is 2.65. The van der Waals surface area contributed by atoms with Crippen LogP contribution in [0.2, 0.25) is 5.02 Å². The molecular formula is C17H23ClN2O2. The summed E-state index contributed by atoms with van der Waals surface area (Å²) in [7, 11) is 0. The first kappa shape index (κ1) is 16.8. The van der Waals surface area contributed by atoms with Crippen LogP contribution in [0.15, 0.2) is 24.3 Å². The first-order chi connectivity index (χ1) is 10.5. The van der Waals surface area contributed by atoms with E-state index in [2.05, 4.69) is 5.32 Å². The summed E-state index contributed by atoms with van der Waals surface area (Å²) in [5, 5.41) is 3.77. The zero-order valence-corrected chi connectivity index (χ0v) is 13.9. The first-order valence-electron chi connectivity index (χ1n) is 7.76. The van der Waals surface area contributed by atoms with Crippen molar-refractivity contribution in [3.63, 3.8) is 0 Å². The molecule has 0 aliphatic carbocycles. The van der Waals surface area contributed by atoms with Crippen molar-refractivity contribution in [3.8, 4) is 0 Å². The van der Waals surface area contributed by atoms with Crippen LogP contribution in [0.3, 0.4) is 0 Å². The Kier molecular flexibility index (Phi) is 5.83. The third-order valence-corrected chi connectivity index (χ3v) is 4.29. The van der Waals surface area contributed by atoms with Crippen LogP contribution in [0.1, 0.15) is 32.3 Å². The summed E-state index contributed by atoms with van der Waals surface area (Å²) >= 11 is 5.98. The van der Waals surface area contributed by atoms with Crippen LogP contribution in [0.5, 0.6) is 0 Å². The molecule has 1 fully saturated rings. The van der Waals surface area contributed by atoms with E-state index in [1.807, 2.05) is 31.2 Å². The van der Waals surface area contributed by atoms with Crippen LogP contribution in [0, 0.1) is 5.92 Å². The zero-order chi connectivity index (χ0) is 16.1. The van der Waals surface area contributed by atoms with Crippen LogP contribution in [0.4, 0.5) is 0 Å². The standard InChI is InChI=1S/C17H23ClN2O2/c1-12(9-14-5-3-7-16(18)10-14)19-17(22)15-6-4-8-20(11-15)13(2)21/h3,5,7,10,12,15H,4,6,8-9,11H2,1-2H3,(H,19,22)/t12-,15+/m1/s1. The van der Waals surface area contributed by atoms with E-state index in [0.29, 0.717) is 11.6 Å². The average molecular weight is 323 g/mol. The Hall–Kier alpha value is -1.55. The quantitative estimate of drug-likeness (QED) is 0.926. The SMILES string of the molecule is CC(=O)N1CCC[C@H](C(=O)N[C@H](C)Cc2cccc(Cl)c2)C1. The number of hydrogen-bond acceptors (Lipinski definition) is 2. The maximum absolute atomic E-state index is 12.4. The van der Waals surface area contributed by atoms with Gasteiger partial charge in [0.15, 0.2) is 0 Å². The van der Waals surface area contributed by atoms with E-state index >= 15 is 0 Å². The predicted molar refractivity (Wildman–Crippen MR) is 87.7 cm³/mol. The van der Waals surface area contributed by atoms with Crippen LogP contribution in [0.25, 0.3) is 0 Å². The molecule has 1 aromatic carbocycles. The van der Waals surface area contributed by atoms with E-state index in [1.165, 1.54) is 0 Å². The molecule has 5 heteroatoms. The number of halogens is 1. The third kappa shape index (κ3) is 4.73. The maximum Gasteiger partial charge on any atom is 0.225 e. The van der Waals surface area contributed by atoms with Crippen molar-refractivity contribution in [3.05, 3.63) is 34.9 Å². The monoisotopic (exact) mass is 322 g/mol. The normalized spacial score (nSPS) is 19.6. The van der Waals surface area contributed by atoms with Gasteiger partial charge >= 0.3 is 0 Å². The van der Waals surface area contributed by atoms with Gasteiger partial charge in [0.1, 0.15) is 0 Å². The molecule has 1 aromatic rings. The molecule has 0 bridgehead atoms. The van der Waals surface area contributed by atoms with E-state index in [1.54, 1.807) is 11.8 Å². The molecule has 1 N–H and O–H groups in total. The average Bonchev–Trinajstić information content (AvgIpc) is 2.47. The lowest BCUT2D eigenvalue weighted by Crippen LogP contribution is -2.46. The van der Waals surface area contributed by atoms with E-state index in [4.69, 9.17) is 11.6 Å². The number of amides is 2. The van der Waals surface area contributed by atoms with Crippen molar-refractivity contribution >= 4 is 23.4 Å². The smallest absolute Gasteiger partial charge is 0.225 e. The second-order valence-electron chi connectivity index (χ2n) is 6.05. The van der Waals surface area contributed by atoms with E-state index < -0.39 is 0 Å². The van der Waals surface area contributed by atoms with Gasteiger partial charge in [0.25, 0.3) is 0 Å². The van der Waals surface area contributed by atoms with E-state index in [9.17, 15) is 9.59 Å². The minimum atomic E-state index is -0.0977. The molecule has 2 amide bonds. The molecule has 0 saturated carbocycles. The van der Waals surface area contributed by atoms with Gasteiger partial charge in [-0.3, -0.25) is 9.59 Å². The number of carbonyl (C=O) groups excluding carboxylic acids is 2. The van der Waals surface area contributed by atoms with Gasteiger partial charge in [-0.2, -0.15) is 0 Å². The fourth-order valence-electron chi connectivity index (χ4n) is 2.91. The lowest BCUT2D eigenvalue weighted by Gasteiger charge is -2.32. The second-order valence-corrected chi connectivity index (χ2v) is 6.48. The van der Waals surface area contributed by atoms with Gasteiger partial charge in [-0.1, -0.05) is 23.7 Å². The zero-order valence-electron chi connectivity index (χ0n) is 13.1. The number of likely N-dealkylation sites (tertiary alicyclic amines) is 1. The Labute approximate surface area is 136 Å². The number of benzene rings is 1. The number of nitrogens with one attached hydrogen (secondary N) is 1. The molecule has 22 heavy (non-hydrogen) atoms. The first-order valence-corrected chi connectivity index (χ1v) is 8.14. The summed E-state index contributed by atoms with van der Waals surface area (Å²) < 4.78 is 0. The minimum absolute atomic E-state index is 0.0404. The number of piperidine rings is 1. The summed E-state index contributed by atoms with van der Waals surface area (Å²) in [5.74, 6) is -0.00980. The largest absolute Gasteiger partial charge is 0.353 e. The molecular weight excluding hydrogens is 300 g/mol. The summed E-state index contributed by atoms with van der Waals surface area (Å²) in [4.78, 5) is 25.6. The highest BCUT2D eigenvalue weighted by Gasteiger charge is 2.27. The highest BCUT2D eigenvalue weighted by atomic mass is 35.5. The van der Waals surface area contributed by atoms with Gasteiger partial charge in [0, 0.05) is 31.1 Å². The molecule has 2 atom stereocenters. The molecule has 1 saturated heterocycles. The van der Waals surface area contributed by atoms with E-state index in [-0.39, 0.29) is 23.8 Å². The highest BCUT2D eigenvalue weighted by Crippen LogP contribution is 2.17. The molecule has 2 rings (SSSR count). The van der Waals surface area contributed by atoms with Crippen LogP contribution >= 0.6 is 11.6 Å². The molecule has 0 unspecified atom stereocenters. The molecule has 1 aliphatic rings. The lowest BCUT2D eigenvalue weighted by atomic mass is 9.96. The molecule has 0 radical (unpaired) electrons. The topological polar surface area (TPSA) is 49.4 Å². The van der Waals surface area contributed by atoms with Crippen LogP contribution in [-0.2, 0) is 16.0 Å². The third-order valence-electron chi connectivity index (χ3n) is 4.06. The fourth-order valence-corrected chi connectivity index (χ4v) is 3.12. The number of carbonyl (C=O) groups is 2. The number of rotatable bonds is 4. The Morgan fingerprint density at radius 3 is 2.91 bits per heavy atom. The van der Waals surface area contributed by atoms with Crippen LogP contribution < -0.4 is 5.32 Å². The summed E-state index contributed by atoms with van der Waals surface area (Å²) in [6, 6.07) is 7.72. The molecule has 0 spiro atoms. The summed E-state index contributed by atoms with van der Waals surface area (Å²) in [6.45, 7) is 4.84. The van der Waals surface area contributed by atoms with Gasteiger partial charge in [0.05, 0.1) is 5.92 Å². The Balaban J connectivity index is 1.86.